The van der Waals surface area contributed by atoms with Crippen LogP contribution in [0, 0.1) is 16.7 Å². The van der Waals surface area contributed by atoms with Crippen molar-refractivity contribution in [2.75, 3.05) is 5.73 Å². The van der Waals surface area contributed by atoms with Crippen LogP contribution in [0.15, 0.2) is 35.4 Å². The number of piperidine rings is 1. The van der Waals surface area contributed by atoms with E-state index < -0.39 is 27.0 Å². The molecule has 1 saturated carbocycles. The highest BCUT2D eigenvalue weighted by atomic mass is 32.2. The number of nitrogens with zero attached hydrogens (tertiary/aromatic N) is 2. The minimum Gasteiger partial charge on any atom is -0.405 e. The summed E-state index contributed by atoms with van der Waals surface area (Å²) in [6, 6.07) is 5.52. The second-order valence-corrected chi connectivity index (χ2v) is 11.3. The van der Waals surface area contributed by atoms with E-state index in [0.717, 1.165) is 19.3 Å². The Balaban J connectivity index is 1.44. The summed E-state index contributed by atoms with van der Waals surface area (Å²) in [6.45, 7) is 3.22. The largest absolute Gasteiger partial charge is 0.405 e. The highest BCUT2D eigenvalue weighted by molar-refractivity contribution is 7.92. The fourth-order valence-corrected chi connectivity index (χ4v) is 5.37. The molecule has 2 unspecified atom stereocenters. The lowest BCUT2D eigenvalue weighted by molar-refractivity contribution is -0.122. The van der Waals surface area contributed by atoms with Gasteiger partial charge in [-0.2, -0.15) is 0 Å². The van der Waals surface area contributed by atoms with E-state index in [2.05, 4.69) is 20.6 Å². The van der Waals surface area contributed by atoms with Crippen LogP contribution >= 0.6 is 0 Å². The molecule has 1 aromatic carbocycles. The van der Waals surface area contributed by atoms with Gasteiger partial charge in [-0.1, -0.05) is 12.1 Å². The molecule has 11 nitrogen and oxygen atoms in total. The topological polar surface area (TPSA) is 184 Å². The predicted octanol–water partition coefficient (Wildman–Crippen LogP) is 1.44. The molecule has 2 fully saturated rings. The Hall–Kier alpha value is -3.38. The lowest BCUT2D eigenvalue weighted by Gasteiger charge is -2.22. The van der Waals surface area contributed by atoms with Gasteiger partial charge in [0.15, 0.2) is 21.3 Å². The van der Waals surface area contributed by atoms with Gasteiger partial charge in [-0.05, 0) is 51.2 Å². The van der Waals surface area contributed by atoms with Gasteiger partial charge in [0.2, 0.25) is 11.8 Å². The number of fused-ring (bicyclic) bond motifs is 2. The molecule has 1 aliphatic heterocycles. The van der Waals surface area contributed by atoms with Crippen molar-refractivity contribution < 1.29 is 17.9 Å². The average molecular weight is 486 g/mol. The van der Waals surface area contributed by atoms with Crippen LogP contribution in [0.4, 0.5) is 5.82 Å². The zero-order chi connectivity index (χ0) is 24.6. The van der Waals surface area contributed by atoms with E-state index in [9.17, 15) is 13.2 Å². The highest BCUT2D eigenvalue weighted by Gasteiger charge is 2.43. The normalized spacial score (nSPS) is 21.4. The summed E-state index contributed by atoms with van der Waals surface area (Å²) < 4.78 is 29.8. The van der Waals surface area contributed by atoms with Gasteiger partial charge in [-0.25, -0.2) is 18.4 Å². The Morgan fingerprint density at radius 3 is 2.53 bits per heavy atom. The Morgan fingerprint density at radius 2 is 1.94 bits per heavy atom. The first-order valence-electron chi connectivity index (χ1n) is 11.0. The lowest BCUT2D eigenvalue weighted by atomic mass is 9.99. The minimum absolute atomic E-state index is 0.0818. The van der Waals surface area contributed by atoms with Crippen LogP contribution in [0.1, 0.15) is 38.8 Å². The third-order valence-electron chi connectivity index (χ3n) is 6.20. The Bertz CT molecular complexity index is 1240. The highest BCUT2D eigenvalue weighted by Crippen LogP contribution is 2.35. The summed E-state index contributed by atoms with van der Waals surface area (Å²) in [6.07, 6.45) is 4.37. The fourth-order valence-electron chi connectivity index (χ4n) is 4.31. The molecular formula is C22H27N7O4S. The quantitative estimate of drug-likeness (QED) is 0.311. The number of carbonyl (C=O) groups excluding carboxylic acids is 1. The third kappa shape index (κ3) is 4.64. The van der Waals surface area contributed by atoms with Crippen molar-refractivity contribution in [1.29, 1.82) is 10.8 Å². The van der Waals surface area contributed by atoms with Gasteiger partial charge in [-0.3, -0.25) is 20.9 Å². The number of anilines is 1. The van der Waals surface area contributed by atoms with Crippen molar-refractivity contribution in [2.45, 2.75) is 55.3 Å². The van der Waals surface area contributed by atoms with Gasteiger partial charge in [0.1, 0.15) is 0 Å². The molecule has 180 valence electrons. The Morgan fingerprint density at radius 1 is 1.24 bits per heavy atom. The van der Waals surface area contributed by atoms with E-state index in [4.69, 9.17) is 21.3 Å². The first-order chi connectivity index (χ1) is 16.1. The summed E-state index contributed by atoms with van der Waals surface area (Å²) in [7, 11) is -3.41. The number of aromatic nitrogens is 2. The molecule has 34 heavy (non-hydrogen) atoms. The number of rotatable bonds is 5. The number of nitrogen functional groups attached to an aromatic ring is 1. The van der Waals surface area contributed by atoms with Gasteiger partial charge < -0.3 is 15.8 Å². The lowest BCUT2D eigenvalue weighted by Crippen LogP contribution is -2.49. The fraction of sp³-hybridized carbons (Fsp3) is 0.409. The van der Waals surface area contributed by atoms with Gasteiger partial charge in [0, 0.05) is 11.6 Å². The summed E-state index contributed by atoms with van der Waals surface area (Å²) in [5.41, 5.74) is 6.66. The number of amides is 1. The van der Waals surface area contributed by atoms with Crippen molar-refractivity contribution in [3.05, 3.63) is 36.2 Å². The summed E-state index contributed by atoms with van der Waals surface area (Å²) in [5.74, 6) is -0.745. The van der Waals surface area contributed by atoms with Crippen LogP contribution < -0.4 is 16.4 Å². The van der Waals surface area contributed by atoms with Crippen LogP contribution in [-0.2, 0) is 19.4 Å². The van der Waals surface area contributed by atoms with Crippen LogP contribution in [0.3, 0.4) is 0 Å². The van der Waals surface area contributed by atoms with Crippen molar-refractivity contribution in [3.8, 4) is 11.3 Å². The van der Waals surface area contributed by atoms with Gasteiger partial charge >= 0.3 is 0 Å². The number of hydrogen-bond acceptors (Lipinski definition) is 10. The summed E-state index contributed by atoms with van der Waals surface area (Å²) in [4.78, 5) is 21.0. The number of nitrogens with one attached hydrogen (secondary N) is 4. The number of sulfone groups is 1. The molecule has 3 atom stereocenters. The van der Waals surface area contributed by atoms with E-state index in [-0.39, 0.29) is 34.3 Å². The molecule has 0 radical (unpaired) electrons. The summed E-state index contributed by atoms with van der Waals surface area (Å²) in [5, 5.41) is 21.2. The second kappa shape index (κ2) is 9.11. The molecular weight excluding hydrogens is 458 g/mol. The molecule has 0 spiro atoms. The molecule has 4 rings (SSSR count). The molecule has 1 aromatic heterocycles. The monoisotopic (exact) mass is 485 g/mol. The van der Waals surface area contributed by atoms with Gasteiger partial charge in [-0.15, -0.1) is 0 Å². The van der Waals surface area contributed by atoms with Crippen LogP contribution in [-0.4, -0.2) is 53.5 Å². The SMILES string of the molecule is CC(C)S(=O)(=O)c1ccc(-c2cnc(N)c(C(=N)OC(=N)NC(=O)[C@H]3NC4CCC3C4)n2)cc1. The van der Waals surface area contributed by atoms with E-state index >= 15 is 0 Å². The molecule has 2 bridgehead atoms. The molecule has 2 heterocycles. The predicted molar refractivity (Wildman–Crippen MR) is 126 cm³/mol. The average Bonchev–Trinajstić information content (AvgIpc) is 3.43. The molecule has 2 aliphatic rings. The van der Waals surface area contributed by atoms with Crippen LogP contribution in [0.5, 0.6) is 0 Å². The third-order valence-corrected chi connectivity index (χ3v) is 8.37. The number of ether oxygens (including phenoxy) is 1. The van der Waals surface area contributed by atoms with Gasteiger partial charge in [0.05, 0.1) is 28.1 Å². The standard InChI is InChI=1S/C22H27N7O4S/c1-11(2)34(31,32)15-7-4-12(5-8-15)16-10-26-19(23)18(28-16)20(24)33-22(25)29-21(30)17-13-3-6-14(9-13)27-17/h4-5,7-8,10-11,13-14,17,24,27H,3,6,9H2,1-2H3,(H2,23,26)(H2,25,29,30)/t13?,14?,17-/m0/s1. The Kier molecular flexibility index (Phi) is 6.36. The van der Waals surface area contributed by atoms with E-state index in [1.165, 1.54) is 18.3 Å². The van der Waals surface area contributed by atoms with Crippen molar-refractivity contribution in [1.82, 2.24) is 20.6 Å². The van der Waals surface area contributed by atoms with Gasteiger partial charge in [0.25, 0.3) is 6.02 Å². The molecule has 6 N–H and O–H groups in total. The van der Waals surface area contributed by atoms with Crippen LogP contribution in [0.2, 0.25) is 0 Å². The molecule has 12 heteroatoms. The van der Waals surface area contributed by atoms with Crippen molar-refractivity contribution in [2.24, 2.45) is 5.92 Å². The maximum absolute atomic E-state index is 12.4. The number of nitrogens with two attached hydrogens (primary N) is 1. The van der Waals surface area contributed by atoms with E-state index in [1.807, 2.05) is 0 Å². The molecule has 1 aliphatic carbocycles. The number of carbonyl (C=O) groups is 1. The zero-order valence-corrected chi connectivity index (χ0v) is 19.6. The minimum atomic E-state index is -3.41. The van der Waals surface area contributed by atoms with E-state index in [0.29, 0.717) is 17.3 Å². The Labute approximate surface area is 197 Å². The second-order valence-electron chi connectivity index (χ2n) is 8.77. The first kappa shape index (κ1) is 23.8. The zero-order valence-electron chi connectivity index (χ0n) is 18.8. The molecule has 1 amide bonds. The molecule has 1 saturated heterocycles. The number of hydrogen-bond donors (Lipinski definition) is 5. The number of benzene rings is 1. The maximum atomic E-state index is 12.4. The summed E-state index contributed by atoms with van der Waals surface area (Å²) >= 11 is 0. The number of amidine groups is 1. The van der Waals surface area contributed by atoms with Crippen molar-refractivity contribution in [3.63, 3.8) is 0 Å². The smallest absolute Gasteiger partial charge is 0.295 e. The van der Waals surface area contributed by atoms with Crippen LogP contribution in [0.25, 0.3) is 11.3 Å². The van der Waals surface area contributed by atoms with E-state index in [1.54, 1.807) is 26.0 Å². The first-order valence-corrected chi connectivity index (χ1v) is 12.5. The molecule has 2 aromatic rings. The van der Waals surface area contributed by atoms with Crippen molar-refractivity contribution >= 4 is 33.5 Å². The maximum Gasteiger partial charge on any atom is 0.295 e.